The van der Waals surface area contributed by atoms with Crippen LogP contribution in [0.1, 0.15) is 17.2 Å². The SMILES string of the molecule is NNC(Cc1cccnc1N)c1ccc2ncccc2c1. The van der Waals surface area contributed by atoms with Gasteiger partial charge in [0.15, 0.2) is 0 Å². The van der Waals surface area contributed by atoms with E-state index in [0.29, 0.717) is 12.2 Å². The van der Waals surface area contributed by atoms with Crippen molar-refractivity contribution in [1.29, 1.82) is 0 Å². The molecule has 5 N–H and O–H groups in total. The van der Waals surface area contributed by atoms with Gasteiger partial charge in [0.05, 0.1) is 11.6 Å². The maximum absolute atomic E-state index is 5.90. The average molecular weight is 279 g/mol. The number of hydrogen-bond donors (Lipinski definition) is 3. The van der Waals surface area contributed by atoms with E-state index in [-0.39, 0.29) is 6.04 Å². The first-order valence-electron chi connectivity index (χ1n) is 6.78. The number of fused-ring (bicyclic) bond motifs is 1. The van der Waals surface area contributed by atoms with Crippen molar-refractivity contribution in [3.05, 3.63) is 66.0 Å². The van der Waals surface area contributed by atoms with E-state index in [4.69, 9.17) is 11.6 Å². The molecule has 2 heterocycles. The van der Waals surface area contributed by atoms with Crippen LogP contribution in [0.25, 0.3) is 10.9 Å². The predicted molar refractivity (Wildman–Crippen MR) is 84.2 cm³/mol. The third-order valence-corrected chi connectivity index (χ3v) is 3.58. The molecule has 0 amide bonds. The van der Waals surface area contributed by atoms with Gasteiger partial charge >= 0.3 is 0 Å². The first-order chi connectivity index (χ1) is 10.3. The molecule has 1 aromatic carbocycles. The number of rotatable bonds is 4. The van der Waals surface area contributed by atoms with Crippen molar-refractivity contribution in [3.63, 3.8) is 0 Å². The molecule has 21 heavy (non-hydrogen) atoms. The normalized spacial score (nSPS) is 12.4. The molecular weight excluding hydrogens is 262 g/mol. The molecule has 0 bridgehead atoms. The van der Waals surface area contributed by atoms with Crippen LogP contribution >= 0.6 is 0 Å². The van der Waals surface area contributed by atoms with E-state index in [2.05, 4.69) is 21.5 Å². The van der Waals surface area contributed by atoms with Gasteiger partial charge in [-0.3, -0.25) is 16.3 Å². The van der Waals surface area contributed by atoms with Crippen molar-refractivity contribution in [1.82, 2.24) is 15.4 Å². The Morgan fingerprint density at radius 1 is 1.05 bits per heavy atom. The van der Waals surface area contributed by atoms with Gasteiger partial charge in [-0.25, -0.2) is 4.98 Å². The van der Waals surface area contributed by atoms with Crippen LogP contribution in [0.15, 0.2) is 54.9 Å². The Labute approximate surface area is 123 Å². The molecular formula is C16H17N5. The van der Waals surface area contributed by atoms with Crippen LogP contribution in [0.5, 0.6) is 0 Å². The average Bonchev–Trinajstić information content (AvgIpc) is 2.54. The molecule has 5 nitrogen and oxygen atoms in total. The number of nitrogens with zero attached hydrogens (tertiary/aromatic N) is 2. The van der Waals surface area contributed by atoms with Crippen LogP contribution in [0.2, 0.25) is 0 Å². The van der Waals surface area contributed by atoms with Crippen molar-refractivity contribution in [2.75, 3.05) is 5.73 Å². The lowest BCUT2D eigenvalue weighted by Crippen LogP contribution is -2.29. The standard InChI is InChI=1S/C16H17N5/c17-16-13(4-2-8-20-16)10-15(21-18)12-5-6-14-11(9-12)3-1-7-19-14/h1-9,15,21H,10,18H2,(H2,17,20). The quantitative estimate of drug-likeness (QED) is 0.502. The molecule has 0 saturated carbocycles. The summed E-state index contributed by atoms with van der Waals surface area (Å²) in [6.45, 7) is 0. The molecule has 0 saturated heterocycles. The molecule has 0 spiro atoms. The molecule has 3 rings (SSSR count). The topological polar surface area (TPSA) is 89.8 Å². The summed E-state index contributed by atoms with van der Waals surface area (Å²) in [6, 6.07) is 13.9. The van der Waals surface area contributed by atoms with Gasteiger partial charge in [0.1, 0.15) is 5.82 Å². The minimum absolute atomic E-state index is 0.0268. The Kier molecular flexibility index (Phi) is 3.77. The fourth-order valence-electron chi connectivity index (χ4n) is 2.43. The van der Waals surface area contributed by atoms with Gasteiger partial charge in [-0.1, -0.05) is 18.2 Å². The highest BCUT2D eigenvalue weighted by Crippen LogP contribution is 2.23. The summed E-state index contributed by atoms with van der Waals surface area (Å²) >= 11 is 0. The highest BCUT2D eigenvalue weighted by Gasteiger charge is 2.13. The number of aromatic nitrogens is 2. The Hall–Kier alpha value is -2.50. The van der Waals surface area contributed by atoms with E-state index >= 15 is 0 Å². The lowest BCUT2D eigenvalue weighted by Gasteiger charge is -2.17. The Morgan fingerprint density at radius 3 is 2.67 bits per heavy atom. The van der Waals surface area contributed by atoms with Crippen molar-refractivity contribution in [2.45, 2.75) is 12.5 Å². The predicted octanol–water partition coefficient (Wildman–Crippen LogP) is 1.96. The van der Waals surface area contributed by atoms with Gasteiger partial charge in [-0.05, 0) is 41.8 Å². The van der Waals surface area contributed by atoms with Crippen LogP contribution in [0, 0.1) is 0 Å². The molecule has 1 atom stereocenters. The fraction of sp³-hybridized carbons (Fsp3) is 0.125. The lowest BCUT2D eigenvalue weighted by atomic mass is 9.98. The molecule has 0 aliphatic carbocycles. The maximum atomic E-state index is 5.90. The van der Waals surface area contributed by atoms with Gasteiger partial charge < -0.3 is 5.73 Å². The molecule has 0 radical (unpaired) electrons. The number of hydrazine groups is 1. The van der Waals surface area contributed by atoms with Crippen LogP contribution in [-0.2, 0) is 6.42 Å². The molecule has 2 aromatic heterocycles. The zero-order valence-corrected chi connectivity index (χ0v) is 11.5. The second kappa shape index (κ2) is 5.87. The second-order valence-corrected chi connectivity index (χ2v) is 4.93. The van der Waals surface area contributed by atoms with Gasteiger partial charge in [-0.15, -0.1) is 0 Å². The Balaban J connectivity index is 1.93. The number of hydrogen-bond acceptors (Lipinski definition) is 5. The largest absolute Gasteiger partial charge is 0.383 e. The number of pyridine rings is 2. The maximum Gasteiger partial charge on any atom is 0.126 e. The summed E-state index contributed by atoms with van der Waals surface area (Å²) in [4.78, 5) is 8.43. The van der Waals surface area contributed by atoms with E-state index in [9.17, 15) is 0 Å². The second-order valence-electron chi connectivity index (χ2n) is 4.93. The summed E-state index contributed by atoms with van der Waals surface area (Å²) in [5, 5.41) is 1.09. The zero-order valence-electron chi connectivity index (χ0n) is 11.5. The monoisotopic (exact) mass is 279 g/mol. The number of anilines is 1. The molecule has 5 heteroatoms. The molecule has 106 valence electrons. The van der Waals surface area contributed by atoms with Crippen molar-refractivity contribution in [3.8, 4) is 0 Å². The summed E-state index contributed by atoms with van der Waals surface area (Å²) in [6.07, 6.45) is 4.16. The summed E-state index contributed by atoms with van der Waals surface area (Å²) in [5.41, 5.74) is 11.8. The highest BCUT2D eigenvalue weighted by atomic mass is 15.2. The molecule has 1 unspecified atom stereocenters. The molecule has 0 aliphatic rings. The van der Waals surface area contributed by atoms with E-state index in [0.717, 1.165) is 22.0 Å². The van der Waals surface area contributed by atoms with Crippen molar-refractivity contribution >= 4 is 16.7 Å². The van der Waals surface area contributed by atoms with E-state index in [1.807, 2.05) is 36.4 Å². The molecule has 3 aromatic rings. The van der Waals surface area contributed by atoms with Gasteiger partial charge in [-0.2, -0.15) is 0 Å². The Bertz CT molecular complexity index is 756. The zero-order chi connectivity index (χ0) is 14.7. The summed E-state index contributed by atoms with van der Waals surface area (Å²) < 4.78 is 0. The lowest BCUT2D eigenvalue weighted by molar-refractivity contribution is 0.552. The van der Waals surface area contributed by atoms with Crippen molar-refractivity contribution in [2.24, 2.45) is 5.84 Å². The number of nitrogen functional groups attached to an aromatic ring is 1. The van der Waals surface area contributed by atoms with Crippen LogP contribution < -0.4 is 17.0 Å². The highest BCUT2D eigenvalue weighted by molar-refractivity contribution is 5.79. The fourth-order valence-corrected chi connectivity index (χ4v) is 2.43. The van der Waals surface area contributed by atoms with E-state index < -0.39 is 0 Å². The van der Waals surface area contributed by atoms with Crippen molar-refractivity contribution < 1.29 is 0 Å². The summed E-state index contributed by atoms with van der Waals surface area (Å²) in [5.74, 6) is 6.26. The number of nitrogens with two attached hydrogens (primary N) is 2. The van der Waals surface area contributed by atoms with Crippen LogP contribution in [0.4, 0.5) is 5.82 Å². The van der Waals surface area contributed by atoms with E-state index in [1.165, 1.54) is 0 Å². The smallest absolute Gasteiger partial charge is 0.126 e. The van der Waals surface area contributed by atoms with Gasteiger partial charge in [0, 0.05) is 17.8 Å². The van der Waals surface area contributed by atoms with Crippen LogP contribution in [-0.4, -0.2) is 9.97 Å². The number of benzene rings is 1. The van der Waals surface area contributed by atoms with E-state index in [1.54, 1.807) is 12.4 Å². The summed E-state index contributed by atoms with van der Waals surface area (Å²) in [7, 11) is 0. The number of nitrogens with one attached hydrogen (secondary N) is 1. The van der Waals surface area contributed by atoms with Gasteiger partial charge in [0.2, 0.25) is 0 Å². The Morgan fingerprint density at radius 2 is 1.86 bits per heavy atom. The van der Waals surface area contributed by atoms with Gasteiger partial charge in [0.25, 0.3) is 0 Å². The third-order valence-electron chi connectivity index (χ3n) is 3.58. The minimum Gasteiger partial charge on any atom is -0.383 e. The van der Waals surface area contributed by atoms with Crippen LogP contribution in [0.3, 0.4) is 0 Å². The molecule has 0 aliphatic heterocycles. The first-order valence-corrected chi connectivity index (χ1v) is 6.78. The first kappa shape index (κ1) is 13.5. The molecule has 0 fully saturated rings. The third kappa shape index (κ3) is 2.84. The minimum atomic E-state index is -0.0268.